The highest BCUT2D eigenvalue weighted by Gasteiger charge is 2.44. The Morgan fingerprint density at radius 1 is 0.474 bits per heavy atom. The molecule has 4 aromatic carbocycles. The van der Waals surface area contributed by atoms with Crippen molar-refractivity contribution in [1.82, 2.24) is 73.6 Å². The highest BCUT2D eigenvalue weighted by atomic mass is 32.2. The Labute approximate surface area is 777 Å². The van der Waals surface area contributed by atoms with Crippen LogP contribution in [0.5, 0.6) is 11.5 Å². The van der Waals surface area contributed by atoms with Crippen LogP contribution in [0, 0.1) is 23.6 Å². The number of nitrogens with one attached hydrogen (secondary N) is 12. The molecule has 2 saturated heterocycles. The molecule has 4 aliphatic rings. The zero-order chi connectivity index (χ0) is 97.4. The number of aliphatic carboxylic acids is 2. The van der Waals surface area contributed by atoms with E-state index >= 15 is 52.7 Å². The molecule has 2 heterocycles. The fourth-order valence-electron chi connectivity index (χ4n) is 16.9. The molecule has 0 unspecified atom stereocenters. The number of thioether (sulfide) groups is 1. The second kappa shape index (κ2) is 51.1. The zero-order valence-corrected chi connectivity index (χ0v) is 77.3. The summed E-state index contributed by atoms with van der Waals surface area (Å²) in [7, 11) is 2.48. The molecular formula is C94H130FN15O22S. The van der Waals surface area contributed by atoms with Crippen molar-refractivity contribution < 1.29 is 111 Å². The van der Waals surface area contributed by atoms with Gasteiger partial charge >= 0.3 is 17.9 Å². The van der Waals surface area contributed by atoms with Crippen LogP contribution in [0.15, 0.2) is 97.1 Å². The Morgan fingerprint density at radius 3 is 1.29 bits per heavy atom. The van der Waals surface area contributed by atoms with Gasteiger partial charge in [-0.15, -0.1) is 11.8 Å². The van der Waals surface area contributed by atoms with Crippen molar-refractivity contribution in [3.63, 3.8) is 0 Å². The van der Waals surface area contributed by atoms with Crippen LogP contribution in [0.4, 0.5) is 4.39 Å². The van der Waals surface area contributed by atoms with Crippen LogP contribution < -0.4 is 69.5 Å². The summed E-state index contributed by atoms with van der Waals surface area (Å²) in [5.41, 5.74) is 2.85. The van der Waals surface area contributed by atoms with Crippen molar-refractivity contribution in [2.75, 3.05) is 38.7 Å². The van der Waals surface area contributed by atoms with E-state index in [0.29, 0.717) is 81.1 Å². The minimum absolute atomic E-state index is 0.0154. The number of primary amides is 1. The van der Waals surface area contributed by atoms with Gasteiger partial charge in [-0.05, 0) is 181 Å². The summed E-state index contributed by atoms with van der Waals surface area (Å²) in [6.07, 6.45) is 4.92. The molecule has 726 valence electrons. The molecule has 0 radical (unpaired) electrons. The number of aromatic carboxylic acids is 1. The minimum atomic E-state index is -2.05. The third kappa shape index (κ3) is 33.7. The minimum Gasteiger partial charge on any atom is -0.508 e. The van der Waals surface area contributed by atoms with Gasteiger partial charge in [0.15, 0.2) is 0 Å². The summed E-state index contributed by atoms with van der Waals surface area (Å²) >= 11 is 0.725. The van der Waals surface area contributed by atoms with Gasteiger partial charge in [-0.3, -0.25) is 76.7 Å². The van der Waals surface area contributed by atoms with E-state index in [4.69, 9.17) is 5.73 Å². The standard InChI is InChI=1S/C94H130FN15O22S/c1-8-9-20-74-88(127)108-94(4,5)92(132)105-70(46-55-18-14-11-15-19-55)85(124)103-72(50-57-23-31-62(95)32-24-57)87(126)107-93(2,3)91(131)106-71(49-59-27-35-64(112)36-28-59)84(123)102-68(48-58-25-33-63(111)34-26-58)81(120)100-67(47-56-21-29-61(30-22-56)90(129)130)80(119)101-69(51-60-41-43-97-44-42-60)82(121)99-66(45-54-16-12-10-13-17-54)83(122)104-73(86(125)98-65(79(96)118)37-39-77(114)115)52-133-53-76(113)109(6)75(38-40-78(116)117)89(128)110(74)7/h21-36,54-55,60,65-75,97,111-112H,8-20,37-53H2,1-7H3,(H2,96,118)(H,98,125)(H,99,121)(H,100,120)(H,101,119)(H,102,123)(H,103,124)(H,104,122)(H,105,132)(H,106,131)(H,107,126)(H,108,127)(H,114,115)(H,116,117)(H,129,130)/t65-,66+,67+,68+,69+,70+,71+,72+,73+,74+,75+/m1/s1. The molecular weight excluding hydrogens is 1740 g/mol. The number of aromatic hydroxyl groups is 2. The lowest BCUT2D eigenvalue weighted by atomic mass is 9.84. The largest absolute Gasteiger partial charge is 0.508 e. The summed E-state index contributed by atoms with van der Waals surface area (Å²) in [6, 6.07) is 3.63. The molecule has 2 saturated carbocycles. The average molecular weight is 1870 g/mol. The van der Waals surface area contributed by atoms with Gasteiger partial charge in [0.05, 0.1) is 11.3 Å². The molecule has 4 fully saturated rings. The Hall–Kier alpha value is -12.3. The van der Waals surface area contributed by atoms with E-state index < -0.39 is 234 Å². The molecule has 2 aliphatic carbocycles. The van der Waals surface area contributed by atoms with Crippen LogP contribution in [0.2, 0.25) is 0 Å². The number of nitrogens with two attached hydrogens (primary N) is 1. The molecule has 133 heavy (non-hydrogen) atoms. The van der Waals surface area contributed by atoms with Crippen LogP contribution >= 0.6 is 11.8 Å². The van der Waals surface area contributed by atoms with Crippen molar-refractivity contribution in [2.45, 2.75) is 279 Å². The van der Waals surface area contributed by atoms with Gasteiger partial charge in [0.25, 0.3) is 0 Å². The first kappa shape index (κ1) is 106. The number of unbranched alkanes of at least 4 members (excludes halogenated alkanes) is 1. The fraction of sp³-hybridized carbons (Fsp3) is 0.564. The number of hydrogen-bond acceptors (Lipinski definition) is 21. The summed E-state index contributed by atoms with van der Waals surface area (Å²) in [6.45, 7) is 8.07. The van der Waals surface area contributed by atoms with E-state index in [0.717, 1.165) is 72.2 Å². The molecule has 8 rings (SSSR count). The number of rotatable bonds is 27. The number of likely N-dealkylation sites (N-methyl/N-ethyl adjacent to an activating group) is 2. The zero-order valence-electron chi connectivity index (χ0n) is 76.5. The second-order valence-electron chi connectivity index (χ2n) is 36.3. The maximum Gasteiger partial charge on any atom is 0.335 e. The third-order valence-electron chi connectivity index (χ3n) is 25.0. The predicted octanol–water partition coefficient (Wildman–Crippen LogP) is 3.49. The first-order valence-corrected chi connectivity index (χ1v) is 46.8. The number of benzene rings is 4. The van der Waals surface area contributed by atoms with Gasteiger partial charge in [0.2, 0.25) is 82.7 Å². The number of halogens is 1. The molecule has 0 spiro atoms. The lowest BCUT2D eigenvalue weighted by molar-refractivity contribution is -0.149. The number of amides is 14. The molecule has 37 nitrogen and oxygen atoms in total. The number of piperidine rings is 1. The van der Waals surface area contributed by atoms with Crippen molar-refractivity contribution in [2.24, 2.45) is 23.5 Å². The van der Waals surface area contributed by atoms with Gasteiger partial charge in [-0.1, -0.05) is 133 Å². The van der Waals surface area contributed by atoms with Crippen LogP contribution in [-0.2, 0) is 102 Å². The summed E-state index contributed by atoms with van der Waals surface area (Å²) < 4.78 is 14.7. The third-order valence-corrected chi connectivity index (χ3v) is 26.0. The van der Waals surface area contributed by atoms with Gasteiger partial charge in [-0.25, -0.2) is 9.18 Å². The number of carboxylic acid groups (broad SMARTS) is 3. The molecule has 39 heteroatoms. The first-order chi connectivity index (χ1) is 63.1. The lowest BCUT2D eigenvalue weighted by Crippen LogP contribution is -2.64. The molecule has 4 aromatic rings. The highest BCUT2D eigenvalue weighted by molar-refractivity contribution is 8.00. The monoisotopic (exact) mass is 1870 g/mol. The van der Waals surface area contributed by atoms with Crippen LogP contribution in [-0.4, -0.2) is 252 Å². The fourth-order valence-corrected chi connectivity index (χ4v) is 17.9. The number of phenols is 2. The summed E-state index contributed by atoms with van der Waals surface area (Å²) in [4.78, 5) is 250. The second-order valence-corrected chi connectivity index (χ2v) is 37.3. The molecule has 14 amide bonds. The normalized spacial score (nSPS) is 24.0. The maximum absolute atomic E-state index is 15.7. The number of phenolic OH excluding ortho intramolecular Hbond substituents is 2. The average Bonchev–Trinajstić information content (AvgIpc) is 0.813. The van der Waals surface area contributed by atoms with E-state index in [1.54, 1.807) is 0 Å². The predicted molar refractivity (Wildman–Crippen MR) is 488 cm³/mol. The van der Waals surface area contributed by atoms with E-state index in [2.05, 4.69) is 63.8 Å². The van der Waals surface area contributed by atoms with Crippen LogP contribution in [0.3, 0.4) is 0 Å². The quantitative estimate of drug-likeness (QED) is 0.0406. The van der Waals surface area contributed by atoms with Crippen molar-refractivity contribution in [3.05, 3.63) is 131 Å². The van der Waals surface area contributed by atoms with E-state index in [9.17, 15) is 58.7 Å². The van der Waals surface area contributed by atoms with Crippen LogP contribution in [0.1, 0.15) is 208 Å². The number of carboxylic acids is 3. The van der Waals surface area contributed by atoms with Crippen molar-refractivity contribution >= 4 is 112 Å². The Bertz CT molecular complexity index is 4720. The van der Waals surface area contributed by atoms with Crippen molar-refractivity contribution in [1.29, 1.82) is 0 Å². The first-order valence-electron chi connectivity index (χ1n) is 45.6. The van der Waals surface area contributed by atoms with Gasteiger partial charge in [0, 0.05) is 58.4 Å². The number of hydrogen-bond donors (Lipinski definition) is 18. The number of carbonyl (C=O) groups excluding carboxylic acids is 14. The van der Waals surface area contributed by atoms with Gasteiger partial charge in [-0.2, -0.15) is 0 Å². The SMILES string of the molecule is CCCC[C@H]1C(=O)NC(C)(C)C(=O)N[C@@H](CC2CCCCC2)C(=O)N[C@@H](Cc2ccc(F)cc2)C(=O)NC(C)(C)C(=O)N[C@@H](Cc2ccc(O)cc2)C(=O)N[C@@H](Cc2ccc(O)cc2)C(=O)N[C@@H](Cc2ccc(C(=O)O)cc2)C(=O)N[C@@H](CC2CCNCC2)C(=O)N[C@@H](CC2CCCCC2)C(=O)N[C@H](C(=O)N[C@H](CCC(=O)O)C(N)=O)CSCC(=O)N(C)[C@@H](CCC(=O)O)C(=O)N1C. The summed E-state index contributed by atoms with van der Waals surface area (Å²) in [5, 5.41) is 83.9. The Morgan fingerprint density at radius 2 is 0.857 bits per heavy atom. The molecule has 11 atom stereocenters. The van der Waals surface area contributed by atoms with Gasteiger partial charge in [0.1, 0.15) is 94.9 Å². The number of carbonyl (C=O) groups is 17. The van der Waals surface area contributed by atoms with E-state index in [1.807, 2.05) is 6.92 Å². The molecule has 2 aliphatic heterocycles. The molecule has 0 bridgehead atoms. The lowest BCUT2D eigenvalue weighted by Gasteiger charge is -2.36. The number of nitrogens with zero attached hydrogens (tertiary/aromatic N) is 2. The molecule has 19 N–H and O–H groups in total. The smallest absolute Gasteiger partial charge is 0.335 e. The van der Waals surface area contributed by atoms with E-state index in [1.165, 1.54) is 127 Å². The highest BCUT2D eigenvalue weighted by Crippen LogP contribution is 2.31. The summed E-state index contributed by atoms with van der Waals surface area (Å²) in [5.74, 6) is -20.6. The van der Waals surface area contributed by atoms with Gasteiger partial charge < -0.3 is 105 Å². The maximum atomic E-state index is 15.7. The van der Waals surface area contributed by atoms with Crippen LogP contribution in [0.25, 0.3) is 0 Å². The Kier molecular flexibility index (Phi) is 40.7. The topological polar surface area (TPSA) is 568 Å². The molecule has 0 aromatic heterocycles. The Balaban J connectivity index is 1.26. The van der Waals surface area contributed by atoms with Crippen molar-refractivity contribution in [3.8, 4) is 11.5 Å². The van der Waals surface area contributed by atoms with E-state index in [-0.39, 0.29) is 78.9 Å².